The van der Waals surface area contributed by atoms with Crippen molar-refractivity contribution in [2.24, 2.45) is 5.73 Å². The van der Waals surface area contributed by atoms with Gasteiger partial charge in [0.25, 0.3) is 0 Å². The number of carboxylic acids is 1. The molecule has 0 unspecified atom stereocenters. The molecule has 0 aliphatic heterocycles. The fraction of sp³-hybridized carbons (Fsp3) is 0.500. The van der Waals surface area contributed by atoms with Gasteiger partial charge in [0.15, 0.2) is 0 Å². The zero-order valence-corrected chi connectivity index (χ0v) is 13.1. The van der Waals surface area contributed by atoms with Crippen molar-refractivity contribution in [2.45, 2.75) is 51.4 Å². The van der Waals surface area contributed by atoms with E-state index >= 15 is 0 Å². The summed E-state index contributed by atoms with van der Waals surface area (Å²) in [7, 11) is 0. The summed E-state index contributed by atoms with van der Waals surface area (Å²) < 4.78 is 4.89. The van der Waals surface area contributed by atoms with Crippen molar-refractivity contribution in [3.8, 4) is 0 Å². The van der Waals surface area contributed by atoms with Crippen molar-refractivity contribution >= 4 is 11.9 Å². The fourth-order valence-electron chi connectivity index (χ4n) is 1.68. The molecule has 0 aromatic heterocycles. The number of nitrogens with two attached hydrogens (primary N) is 1. The van der Waals surface area contributed by atoms with Crippen LogP contribution in [0, 0.1) is 0 Å². The number of aliphatic carboxylic acids is 1. The predicted molar refractivity (Wildman–Crippen MR) is 81.3 cm³/mol. The summed E-state index contributed by atoms with van der Waals surface area (Å²) in [5.74, 6) is -2.03. The summed E-state index contributed by atoms with van der Waals surface area (Å²) in [5.41, 5.74) is 7.51. The van der Waals surface area contributed by atoms with Crippen LogP contribution in [0.3, 0.4) is 0 Å². The number of carboxylic acid groups (broad SMARTS) is 1. The third kappa shape index (κ3) is 6.69. The van der Waals surface area contributed by atoms with E-state index in [2.05, 4.69) is 24.3 Å². The minimum Gasteiger partial charge on any atom is -0.480 e. The number of esters is 1. The van der Waals surface area contributed by atoms with Gasteiger partial charge in [-0.15, -0.1) is 0 Å². The van der Waals surface area contributed by atoms with Gasteiger partial charge in [-0.05, 0) is 38.3 Å². The first-order valence-corrected chi connectivity index (χ1v) is 7.05. The molecule has 4 N–H and O–H groups in total. The number of ether oxygens (including phenoxy) is 1. The summed E-state index contributed by atoms with van der Waals surface area (Å²) >= 11 is 0. The Kier molecular flexibility index (Phi) is 6.08. The van der Waals surface area contributed by atoms with Gasteiger partial charge in [0.2, 0.25) is 0 Å². The van der Waals surface area contributed by atoms with Crippen molar-refractivity contribution < 1.29 is 24.5 Å². The van der Waals surface area contributed by atoms with Crippen LogP contribution in [0.4, 0.5) is 0 Å². The predicted octanol–water partition coefficient (Wildman–Crippen LogP) is 1.08. The van der Waals surface area contributed by atoms with Crippen LogP contribution in [0.5, 0.6) is 0 Å². The maximum absolute atomic E-state index is 11.2. The molecule has 0 fully saturated rings. The molecular formula is C16H23NO5. The van der Waals surface area contributed by atoms with Gasteiger partial charge in [-0.3, -0.25) is 9.59 Å². The number of aliphatic hydroxyl groups is 1. The van der Waals surface area contributed by atoms with Gasteiger partial charge in [0, 0.05) is 0 Å². The quantitative estimate of drug-likeness (QED) is 0.729. The topological polar surface area (TPSA) is 110 Å². The molecule has 1 aromatic rings. The molecule has 6 nitrogen and oxygen atoms in total. The number of fused-ring (bicyclic) bond motifs is 1. The maximum Gasteiger partial charge on any atom is 0.323 e. The Bertz CT molecular complexity index is 515. The van der Waals surface area contributed by atoms with Gasteiger partial charge in [-0.25, -0.2) is 0 Å². The number of carbonyl (C=O) groups excluding carboxylic acids is 1. The summed E-state index contributed by atoms with van der Waals surface area (Å²) in [5, 5.41) is 17.7. The van der Waals surface area contributed by atoms with E-state index in [0.29, 0.717) is 0 Å². The van der Waals surface area contributed by atoms with Gasteiger partial charge < -0.3 is 20.7 Å². The highest BCUT2D eigenvalue weighted by molar-refractivity contribution is 5.76. The molecule has 0 spiro atoms. The Morgan fingerprint density at radius 1 is 1.27 bits per heavy atom. The van der Waals surface area contributed by atoms with Crippen LogP contribution in [0.15, 0.2) is 24.3 Å². The molecule has 0 bridgehead atoms. The molecule has 0 heterocycles. The largest absolute Gasteiger partial charge is 0.480 e. The standard InChI is InChI=1S/C9H17NO5.C7H6/c1-9(2,3)15-6(12)4-5(11)7(10)8(13)14;1-2-4-7-5-6(7)3-1/h5,7,11H,4,10H2,1-3H3,(H,13,14);1-4H,5H2/t5-,7+;/m0./s1. The van der Waals surface area contributed by atoms with E-state index in [1.54, 1.807) is 20.8 Å². The minimum absolute atomic E-state index is 0.426. The summed E-state index contributed by atoms with van der Waals surface area (Å²) in [6.45, 7) is 5.03. The molecule has 2 rings (SSSR count). The average Bonchev–Trinajstić information content (AvgIpc) is 3.15. The molecule has 122 valence electrons. The highest BCUT2D eigenvalue weighted by Crippen LogP contribution is 2.25. The molecule has 1 aliphatic rings. The molecule has 0 radical (unpaired) electrons. The van der Waals surface area contributed by atoms with Crippen LogP contribution in [-0.2, 0) is 20.7 Å². The molecule has 0 amide bonds. The second-order valence-electron chi connectivity index (χ2n) is 6.17. The molecule has 2 atom stereocenters. The Hall–Kier alpha value is -1.92. The molecule has 0 saturated heterocycles. The van der Waals surface area contributed by atoms with Crippen molar-refractivity contribution in [2.75, 3.05) is 0 Å². The van der Waals surface area contributed by atoms with Crippen LogP contribution >= 0.6 is 0 Å². The lowest BCUT2D eigenvalue weighted by atomic mass is 10.1. The zero-order chi connectivity index (χ0) is 16.9. The van der Waals surface area contributed by atoms with E-state index in [9.17, 15) is 14.7 Å². The number of benzene rings is 1. The van der Waals surface area contributed by atoms with E-state index in [0.717, 1.165) is 0 Å². The lowest BCUT2D eigenvalue weighted by molar-refractivity contribution is -0.158. The molecule has 22 heavy (non-hydrogen) atoms. The Morgan fingerprint density at radius 2 is 1.77 bits per heavy atom. The van der Waals surface area contributed by atoms with Crippen LogP contribution in [-0.4, -0.2) is 39.9 Å². The smallest absolute Gasteiger partial charge is 0.323 e. The monoisotopic (exact) mass is 309 g/mol. The number of aliphatic hydroxyl groups excluding tert-OH is 1. The zero-order valence-electron chi connectivity index (χ0n) is 13.1. The normalized spacial score (nSPS) is 14.8. The molecule has 1 aromatic carbocycles. The fourth-order valence-corrected chi connectivity index (χ4v) is 1.68. The van der Waals surface area contributed by atoms with Gasteiger partial charge in [0.05, 0.1) is 12.5 Å². The van der Waals surface area contributed by atoms with Gasteiger partial charge >= 0.3 is 11.9 Å². The van der Waals surface area contributed by atoms with Gasteiger partial charge in [-0.1, -0.05) is 24.3 Å². The number of hydrogen-bond donors (Lipinski definition) is 3. The number of carbonyl (C=O) groups is 2. The van der Waals surface area contributed by atoms with E-state index < -0.39 is 36.1 Å². The highest BCUT2D eigenvalue weighted by Gasteiger charge is 2.26. The Morgan fingerprint density at radius 3 is 2.14 bits per heavy atom. The Balaban J connectivity index is 0.000000279. The summed E-state index contributed by atoms with van der Waals surface area (Å²) in [6, 6.07) is 7.06. The van der Waals surface area contributed by atoms with E-state index in [1.807, 2.05) is 0 Å². The van der Waals surface area contributed by atoms with Crippen LogP contribution in [0.25, 0.3) is 0 Å². The number of hydrogen-bond acceptors (Lipinski definition) is 5. The molecule has 6 heteroatoms. The lowest BCUT2D eigenvalue weighted by Crippen LogP contribution is -2.43. The van der Waals surface area contributed by atoms with E-state index in [4.69, 9.17) is 15.6 Å². The van der Waals surface area contributed by atoms with Crippen LogP contribution < -0.4 is 5.73 Å². The molecule has 1 aliphatic carbocycles. The van der Waals surface area contributed by atoms with Gasteiger partial charge in [-0.2, -0.15) is 0 Å². The van der Waals surface area contributed by atoms with E-state index in [-0.39, 0.29) is 0 Å². The summed E-state index contributed by atoms with van der Waals surface area (Å²) in [6.07, 6.45) is -0.616. The highest BCUT2D eigenvalue weighted by atomic mass is 16.6. The van der Waals surface area contributed by atoms with Crippen molar-refractivity contribution in [1.82, 2.24) is 0 Å². The first kappa shape index (κ1) is 18.1. The second-order valence-corrected chi connectivity index (χ2v) is 6.17. The first-order valence-electron chi connectivity index (χ1n) is 7.05. The molecule has 0 saturated carbocycles. The average molecular weight is 309 g/mol. The molecular weight excluding hydrogens is 286 g/mol. The van der Waals surface area contributed by atoms with Crippen LogP contribution in [0.2, 0.25) is 0 Å². The van der Waals surface area contributed by atoms with Crippen LogP contribution in [0.1, 0.15) is 38.3 Å². The van der Waals surface area contributed by atoms with Crippen molar-refractivity contribution in [3.05, 3.63) is 35.4 Å². The third-order valence-electron chi connectivity index (χ3n) is 2.87. The summed E-state index contributed by atoms with van der Waals surface area (Å²) in [4.78, 5) is 21.5. The second kappa shape index (κ2) is 7.38. The SMILES string of the molecule is CC(C)(C)OC(=O)C[C@H](O)[C@@H](N)C(=O)O.c1ccc2c(c1)C2. The van der Waals surface area contributed by atoms with Crippen molar-refractivity contribution in [3.63, 3.8) is 0 Å². The first-order chi connectivity index (χ1) is 10.1. The number of rotatable bonds is 4. The third-order valence-corrected chi connectivity index (χ3v) is 2.87. The minimum atomic E-state index is -1.47. The van der Waals surface area contributed by atoms with E-state index in [1.165, 1.54) is 17.5 Å². The Labute approximate surface area is 129 Å². The van der Waals surface area contributed by atoms with Gasteiger partial charge in [0.1, 0.15) is 11.6 Å². The van der Waals surface area contributed by atoms with Crippen molar-refractivity contribution in [1.29, 1.82) is 0 Å². The maximum atomic E-state index is 11.2. The lowest BCUT2D eigenvalue weighted by Gasteiger charge is -2.21.